The van der Waals surface area contributed by atoms with Gasteiger partial charge in [-0.05, 0) is 104 Å². The van der Waals surface area contributed by atoms with E-state index in [2.05, 4.69) is 43.8 Å². The topological polar surface area (TPSA) is 75.7 Å². The molecule has 6 nitrogen and oxygen atoms in total. The number of amides is 4. The fourth-order valence-electron chi connectivity index (χ4n) is 3.19. The van der Waals surface area contributed by atoms with Crippen LogP contribution in [0.4, 0.5) is 10.5 Å². The van der Waals surface area contributed by atoms with Crippen molar-refractivity contribution in [1.29, 1.82) is 0 Å². The van der Waals surface area contributed by atoms with Crippen molar-refractivity contribution in [2.75, 3.05) is 4.90 Å². The molecule has 4 rings (SSSR count). The van der Waals surface area contributed by atoms with E-state index in [-0.39, 0.29) is 11.3 Å². The molecule has 1 N–H and O–H groups in total. The molecule has 1 fully saturated rings. The number of anilines is 1. The molecule has 10 heteroatoms. The van der Waals surface area contributed by atoms with E-state index in [0.717, 1.165) is 14.0 Å². The van der Waals surface area contributed by atoms with Gasteiger partial charge in [-0.3, -0.25) is 14.9 Å². The van der Waals surface area contributed by atoms with Crippen LogP contribution in [0.15, 0.2) is 70.7 Å². The van der Waals surface area contributed by atoms with Crippen molar-refractivity contribution in [3.8, 4) is 5.75 Å². The van der Waals surface area contributed by atoms with Gasteiger partial charge in [0.05, 0.1) is 15.2 Å². The Balaban J connectivity index is 1.60. The van der Waals surface area contributed by atoms with Crippen LogP contribution in [0.1, 0.15) is 11.1 Å². The molecule has 3 aromatic carbocycles. The number of imide groups is 2. The number of hydrogen-bond donors (Lipinski definition) is 1. The molecular weight excluding hydrogens is 658 g/mol. The summed E-state index contributed by atoms with van der Waals surface area (Å²) in [7, 11) is 0. The van der Waals surface area contributed by atoms with E-state index in [1.165, 1.54) is 18.2 Å². The zero-order valence-electron chi connectivity index (χ0n) is 17.2. The highest BCUT2D eigenvalue weighted by molar-refractivity contribution is 14.1. The van der Waals surface area contributed by atoms with Crippen LogP contribution in [0.5, 0.6) is 5.75 Å². The molecule has 0 aliphatic carbocycles. The van der Waals surface area contributed by atoms with Crippen LogP contribution in [-0.4, -0.2) is 17.8 Å². The molecule has 1 heterocycles. The van der Waals surface area contributed by atoms with Gasteiger partial charge in [-0.1, -0.05) is 35.3 Å². The molecule has 0 saturated carbocycles. The van der Waals surface area contributed by atoms with Gasteiger partial charge in [0.25, 0.3) is 11.8 Å². The number of hydrogen-bond acceptors (Lipinski definition) is 4. The van der Waals surface area contributed by atoms with Crippen LogP contribution < -0.4 is 15.0 Å². The van der Waals surface area contributed by atoms with E-state index in [9.17, 15) is 14.4 Å². The van der Waals surface area contributed by atoms with Crippen molar-refractivity contribution in [2.24, 2.45) is 0 Å². The Morgan fingerprint density at radius 3 is 2.32 bits per heavy atom. The molecule has 4 amide bonds. The maximum atomic E-state index is 13.0. The fourth-order valence-corrected chi connectivity index (χ4v) is 4.66. The van der Waals surface area contributed by atoms with Gasteiger partial charge in [0.15, 0.2) is 5.75 Å². The Morgan fingerprint density at radius 1 is 1.00 bits per heavy atom. The summed E-state index contributed by atoms with van der Waals surface area (Å²) in [5.74, 6) is -1.13. The molecule has 1 aliphatic rings. The van der Waals surface area contributed by atoms with Gasteiger partial charge in [-0.15, -0.1) is 0 Å². The Hall–Kier alpha value is -2.40. The zero-order valence-corrected chi connectivity index (χ0v) is 22.4. The third-order valence-electron chi connectivity index (χ3n) is 4.81. The normalized spacial score (nSPS) is 15.0. The van der Waals surface area contributed by atoms with Crippen molar-refractivity contribution < 1.29 is 19.1 Å². The minimum absolute atomic E-state index is 0.218. The van der Waals surface area contributed by atoms with Gasteiger partial charge in [0.1, 0.15) is 12.2 Å². The smallest absolute Gasteiger partial charge is 0.335 e. The average molecular weight is 672 g/mol. The maximum absolute atomic E-state index is 13.0. The maximum Gasteiger partial charge on any atom is 0.335 e. The van der Waals surface area contributed by atoms with Crippen LogP contribution in [0.25, 0.3) is 6.08 Å². The van der Waals surface area contributed by atoms with Gasteiger partial charge >= 0.3 is 6.03 Å². The largest absolute Gasteiger partial charge is 0.486 e. The highest BCUT2D eigenvalue weighted by Gasteiger charge is 2.36. The average Bonchev–Trinajstić information content (AvgIpc) is 2.78. The van der Waals surface area contributed by atoms with Crippen LogP contribution >= 0.6 is 61.7 Å². The van der Waals surface area contributed by atoms with Crippen molar-refractivity contribution in [2.45, 2.75) is 6.61 Å². The molecule has 0 aromatic heterocycles. The molecule has 172 valence electrons. The fraction of sp³-hybridized carbons (Fsp3) is 0.0417. The standard InChI is InChI=1S/C24H14BrCl2IN2O4/c25-19-10-14(11-20(27)21(19)34-12-13-1-5-16(28)6-2-13)9-18-22(31)29-24(33)30(23(18)32)17-7-3-15(26)4-8-17/h1-11H,12H2,(H,29,31,33)/b18-9+. The number of benzene rings is 3. The summed E-state index contributed by atoms with van der Waals surface area (Å²) in [6.07, 6.45) is 1.37. The van der Waals surface area contributed by atoms with E-state index in [4.69, 9.17) is 27.9 Å². The lowest BCUT2D eigenvalue weighted by molar-refractivity contribution is -0.122. The number of urea groups is 1. The lowest BCUT2D eigenvalue weighted by Crippen LogP contribution is -2.54. The minimum atomic E-state index is -0.840. The molecule has 0 bridgehead atoms. The van der Waals surface area contributed by atoms with Crippen LogP contribution in [0, 0.1) is 3.57 Å². The number of carbonyl (C=O) groups excluding carboxylic acids is 3. The lowest BCUT2D eigenvalue weighted by Gasteiger charge is -2.26. The number of nitrogens with one attached hydrogen (secondary N) is 1. The van der Waals surface area contributed by atoms with Crippen LogP contribution in [0.3, 0.4) is 0 Å². The second kappa shape index (κ2) is 10.5. The van der Waals surface area contributed by atoms with Gasteiger partial charge in [0, 0.05) is 8.59 Å². The van der Waals surface area contributed by atoms with Crippen molar-refractivity contribution >= 4 is 91.3 Å². The van der Waals surface area contributed by atoms with Crippen LogP contribution in [-0.2, 0) is 16.2 Å². The van der Waals surface area contributed by atoms with E-state index >= 15 is 0 Å². The molecule has 3 aromatic rings. The predicted octanol–water partition coefficient (Wildman–Crippen LogP) is 6.61. The summed E-state index contributed by atoms with van der Waals surface area (Å²) in [6, 6.07) is 16.4. The molecule has 1 aliphatic heterocycles. The van der Waals surface area contributed by atoms with Gasteiger partial charge in [-0.25, -0.2) is 9.69 Å². The first-order chi connectivity index (χ1) is 16.2. The number of rotatable bonds is 5. The number of carbonyl (C=O) groups is 3. The summed E-state index contributed by atoms with van der Waals surface area (Å²) in [4.78, 5) is 38.7. The molecule has 0 spiro atoms. The molecule has 0 radical (unpaired) electrons. The second-order valence-corrected chi connectivity index (χ2v) is 10.1. The minimum Gasteiger partial charge on any atom is -0.486 e. The van der Waals surface area contributed by atoms with E-state index in [1.807, 2.05) is 24.3 Å². The number of halogens is 4. The summed E-state index contributed by atoms with van der Waals surface area (Å²) in [5, 5.41) is 2.92. The first-order valence-corrected chi connectivity index (χ1v) is 12.4. The van der Waals surface area contributed by atoms with Gasteiger partial charge < -0.3 is 4.74 Å². The quantitative estimate of drug-likeness (QED) is 0.188. The van der Waals surface area contributed by atoms with Gasteiger partial charge in [0.2, 0.25) is 0 Å². The SMILES string of the molecule is O=C1NC(=O)N(c2ccc(Cl)cc2)C(=O)/C1=C/c1cc(Cl)c(OCc2ccc(I)cc2)c(Br)c1. The van der Waals surface area contributed by atoms with Crippen molar-refractivity contribution in [3.63, 3.8) is 0 Å². The summed E-state index contributed by atoms with van der Waals surface area (Å²) in [6.45, 7) is 0.314. The summed E-state index contributed by atoms with van der Waals surface area (Å²) >= 11 is 18.0. The van der Waals surface area contributed by atoms with Crippen molar-refractivity contribution in [3.05, 3.63) is 95.5 Å². The number of barbiturate groups is 1. The van der Waals surface area contributed by atoms with E-state index in [1.54, 1.807) is 24.3 Å². The molecular formula is C24H14BrCl2IN2O4. The Bertz CT molecular complexity index is 1300. The monoisotopic (exact) mass is 670 g/mol. The lowest BCUT2D eigenvalue weighted by atomic mass is 10.1. The Kier molecular flexibility index (Phi) is 7.61. The van der Waals surface area contributed by atoms with Crippen molar-refractivity contribution in [1.82, 2.24) is 5.32 Å². The Labute approximate surface area is 227 Å². The second-order valence-electron chi connectivity index (χ2n) is 7.16. The molecule has 1 saturated heterocycles. The first kappa shape index (κ1) is 24.7. The molecule has 0 unspecified atom stereocenters. The molecule has 34 heavy (non-hydrogen) atoms. The highest BCUT2D eigenvalue weighted by Crippen LogP contribution is 2.36. The third kappa shape index (κ3) is 5.46. The summed E-state index contributed by atoms with van der Waals surface area (Å²) in [5.41, 5.74) is 1.52. The summed E-state index contributed by atoms with van der Waals surface area (Å²) < 4.78 is 7.54. The third-order valence-corrected chi connectivity index (χ3v) is 6.66. The highest BCUT2D eigenvalue weighted by atomic mass is 127. The van der Waals surface area contributed by atoms with E-state index < -0.39 is 17.8 Å². The first-order valence-electron chi connectivity index (χ1n) is 9.76. The Morgan fingerprint density at radius 2 is 1.68 bits per heavy atom. The zero-order chi connectivity index (χ0) is 24.4. The number of nitrogens with zero attached hydrogens (tertiary/aromatic N) is 1. The van der Waals surface area contributed by atoms with Gasteiger partial charge in [-0.2, -0.15) is 0 Å². The number of ether oxygens (including phenoxy) is 1. The molecule has 0 atom stereocenters. The predicted molar refractivity (Wildman–Crippen MR) is 143 cm³/mol. The van der Waals surface area contributed by atoms with Crippen LogP contribution in [0.2, 0.25) is 10.0 Å². The van der Waals surface area contributed by atoms with E-state index in [0.29, 0.717) is 32.4 Å².